The molecular formula is C11H16O. The molecule has 66 valence electrons. The van der Waals surface area contributed by atoms with Crippen LogP contribution < -0.4 is 0 Å². The Morgan fingerprint density at radius 2 is 2.25 bits per heavy atom. The second-order valence-electron chi connectivity index (χ2n) is 4.10. The van der Waals surface area contributed by atoms with Crippen LogP contribution in [0.2, 0.25) is 0 Å². The molecule has 0 spiro atoms. The number of hydrogen-bond acceptors (Lipinski definition) is 1. The summed E-state index contributed by atoms with van der Waals surface area (Å²) in [7, 11) is 0. The van der Waals surface area contributed by atoms with Crippen molar-refractivity contribution in [1.29, 1.82) is 0 Å². The summed E-state index contributed by atoms with van der Waals surface area (Å²) in [5.74, 6) is 1.49. The third-order valence-electron chi connectivity index (χ3n) is 2.94. The SMILES string of the molecule is CC(C)C1CCCc2cocc21. The van der Waals surface area contributed by atoms with Crippen LogP contribution in [-0.2, 0) is 6.42 Å². The molecule has 0 bridgehead atoms. The van der Waals surface area contributed by atoms with Gasteiger partial charge in [-0.25, -0.2) is 0 Å². The van der Waals surface area contributed by atoms with E-state index < -0.39 is 0 Å². The van der Waals surface area contributed by atoms with E-state index in [-0.39, 0.29) is 0 Å². The smallest absolute Gasteiger partial charge is 0.0940 e. The number of furan rings is 1. The van der Waals surface area contributed by atoms with Gasteiger partial charge in [-0.05, 0) is 42.2 Å². The van der Waals surface area contributed by atoms with E-state index >= 15 is 0 Å². The Morgan fingerprint density at radius 1 is 1.42 bits per heavy atom. The van der Waals surface area contributed by atoms with Gasteiger partial charge >= 0.3 is 0 Å². The van der Waals surface area contributed by atoms with Crippen molar-refractivity contribution in [2.45, 2.75) is 39.0 Å². The number of aryl methyl sites for hydroxylation is 1. The highest BCUT2D eigenvalue weighted by Gasteiger charge is 2.23. The van der Waals surface area contributed by atoms with Crippen LogP contribution >= 0.6 is 0 Å². The molecule has 1 aromatic heterocycles. The van der Waals surface area contributed by atoms with E-state index in [1.54, 1.807) is 0 Å². The van der Waals surface area contributed by atoms with Gasteiger partial charge in [0.25, 0.3) is 0 Å². The molecule has 0 radical (unpaired) electrons. The third kappa shape index (κ3) is 1.17. The Kier molecular flexibility index (Phi) is 1.95. The quantitative estimate of drug-likeness (QED) is 0.620. The maximum Gasteiger partial charge on any atom is 0.0940 e. The van der Waals surface area contributed by atoms with Gasteiger partial charge in [-0.1, -0.05) is 13.8 Å². The topological polar surface area (TPSA) is 13.1 Å². The van der Waals surface area contributed by atoms with E-state index in [0.717, 1.165) is 11.8 Å². The van der Waals surface area contributed by atoms with Crippen molar-refractivity contribution in [3.05, 3.63) is 23.7 Å². The Labute approximate surface area is 73.8 Å². The number of rotatable bonds is 1. The van der Waals surface area contributed by atoms with Gasteiger partial charge in [0.15, 0.2) is 0 Å². The van der Waals surface area contributed by atoms with E-state index in [2.05, 4.69) is 13.8 Å². The molecule has 1 atom stereocenters. The van der Waals surface area contributed by atoms with E-state index in [9.17, 15) is 0 Å². The second kappa shape index (κ2) is 2.96. The summed E-state index contributed by atoms with van der Waals surface area (Å²) in [6.45, 7) is 4.60. The summed E-state index contributed by atoms with van der Waals surface area (Å²) in [6.07, 6.45) is 7.75. The lowest BCUT2D eigenvalue weighted by molar-refractivity contribution is 0.433. The molecule has 0 aromatic carbocycles. The molecule has 0 fully saturated rings. The van der Waals surface area contributed by atoms with Crippen LogP contribution in [0.1, 0.15) is 43.7 Å². The summed E-state index contributed by atoms with van der Waals surface area (Å²) in [4.78, 5) is 0. The van der Waals surface area contributed by atoms with Crippen LogP contribution in [0, 0.1) is 5.92 Å². The average Bonchev–Trinajstić information content (AvgIpc) is 2.49. The van der Waals surface area contributed by atoms with Crippen LogP contribution in [0.15, 0.2) is 16.9 Å². The van der Waals surface area contributed by atoms with E-state index in [1.165, 1.54) is 30.4 Å². The molecule has 12 heavy (non-hydrogen) atoms. The highest BCUT2D eigenvalue weighted by molar-refractivity contribution is 5.28. The van der Waals surface area contributed by atoms with Crippen molar-refractivity contribution in [2.75, 3.05) is 0 Å². The van der Waals surface area contributed by atoms with E-state index in [1.807, 2.05) is 12.5 Å². The van der Waals surface area contributed by atoms with Crippen LogP contribution in [0.3, 0.4) is 0 Å². The van der Waals surface area contributed by atoms with Gasteiger partial charge in [0.2, 0.25) is 0 Å². The van der Waals surface area contributed by atoms with Crippen LogP contribution in [0.5, 0.6) is 0 Å². The van der Waals surface area contributed by atoms with Crippen molar-refractivity contribution in [1.82, 2.24) is 0 Å². The second-order valence-corrected chi connectivity index (χ2v) is 4.10. The Balaban J connectivity index is 2.31. The third-order valence-corrected chi connectivity index (χ3v) is 2.94. The lowest BCUT2D eigenvalue weighted by atomic mass is 9.79. The molecule has 0 amide bonds. The summed E-state index contributed by atoms with van der Waals surface area (Å²) in [5, 5.41) is 0. The van der Waals surface area contributed by atoms with Gasteiger partial charge in [0.05, 0.1) is 12.5 Å². The highest BCUT2D eigenvalue weighted by Crippen LogP contribution is 2.36. The molecule has 1 heteroatoms. The molecular weight excluding hydrogens is 148 g/mol. The Bertz CT molecular complexity index is 260. The van der Waals surface area contributed by atoms with E-state index in [0.29, 0.717) is 0 Å². The minimum Gasteiger partial charge on any atom is -0.472 e. The maximum absolute atomic E-state index is 5.25. The zero-order chi connectivity index (χ0) is 8.55. The lowest BCUT2D eigenvalue weighted by Gasteiger charge is -2.24. The maximum atomic E-state index is 5.25. The normalized spacial score (nSPS) is 22.8. The van der Waals surface area contributed by atoms with Crippen LogP contribution in [0.25, 0.3) is 0 Å². The first-order chi connectivity index (χ1) is 5.79. The molecule has 2 rings (SSSR count). The molecule has 0 saturated heterocycles. The Hall–Kier alpha value is -0.720. The van der Waals surface area contributed by atoms with Crippen molar-refractivity contribution < 1.29 is 4.42 Å². The summed E-state index contributed by atoms with van der Waals surface area (Å²) in [6, 6.07) is 0. The average molecular weight is 164 g/mol. The Morgan fingerprint density at radius 3 is 3.00 bits per heavy atom. The van der Waals surface area contributed by atoms with Gasteiger partial charge in [-0.3, -0.25) is 0 Å². The molecule has 0 saturated carbocycles. The molecule has 1 aliphatic rings. The molecule has 1 nitrogen and oxygen atoms in total. The predicted molar refractivity (Wildman–Crippen MR) is 49.2 cm³/mol. The van der Waals surface area contributed by atoms with Crippen molar-refractivity contribution in [2.24, 2.45) is 5.92 Å². The van der Waals surface area contributed by atoms with Crippen molar-refractivity contribution >= 4 is 0 Å². The summed E-state index contributed by atoms with van der Waals surface area (Å²) >= 11 is 0. The zero-order valence-corrected chi connectivity index (χ0v) is 7.84. The number of hydrogen-bond donors (Lipinski definition) is 0. The highest BCUT2D eigenvalue weighted by atomic mass is 16.3. The monoisotopic (exact) mass is 164 g/mol. The number of fused-ring (bicyclic) bond motifs is 1. The fourth-order valence-corrected chi connectivity index (χ4v) is 2.22. The van der Waals surface area contributed by atoms with Gasteiger partial charge in [-0.15, -0.1) is 0 Å². The molecule has 0 aliphatic heterocycles. The first-order valence-electron chi connectivity index (χ1n) is 4.84. The molecule has 1 heterocycles. The van der Waals surface area contributed by atoms with Crippen molar-refractivity contribution in [3.8, 4) is 0 Å². The lowest BCUT2D eigenvalue weighted by Crippen LogP contribution is -2.12. The van der Waals surface area contributed by atoms with E-state index in [4.69, 9.17) is 4.42 Å². The predicted octanol–water partition coefficient (Wildman–Crippen LogP) is 3.36. The van der Waals surface area contributed by atoms with Gasteiger partial charge in [-0.2, -0.15) is 0 Å². The van der Waals surface area contributed by atoms with Crippen molar-refractivity contribution in [3.63, 3.8) is 0 Å². The van der Waals surface area contributed by atoms with Crippen LogP contribution in [0.4, 0.5) is 0 Å². The first-order valence-corrected chi connectivity index (χ1v) is 4.84. The molecule has 1 aromatic rings. The van der Waals surface area contributed by atoms with Gasteiger partial charge in [0.1, 0.15) is 0 Å². The molecule has 0 N–H and O–H groups in total. The molecule has 1 aliphatic carbocycles. The van der Waals surface area contributed by atoms with Gasteiger partial charge < -0.3 is 4.42 Å². The standard InChI is InChI=1S/C11H16O/c1-8(2)10-5-3-4-9-6-12-7-11(9)10/h6-8,10H,3-5H2,1-2H3. The van der Waals surface area contributed by atoms with Gasteiger partial charge in [0, 0.05) is 0 Å². The summed E-state index contributed by atoms with van der Waals surface area (Å²) in [5.41, 5.74) is 2.91. The summed E-state index contributed by atoms with van der Waals surface area (Å²) < 4.78 is 5.25. The minimum absolute atomic E-state index is 0.743. The molecule has 1 unspecified atom stereocenters. The fourth-order valence-electron chi connectivity index (χ4n) is 2.22. The minimum atomic E-state index is 0.743. The van der Waals surface area contributed by atoms with Crippen LogP contribution in [-0.4, -0.2) is 0 Å². The first kappa shape index (κ1) is 7.90. The largest absolute Gasteiger partial charge is 0.472 e. The fraction of sp³-hybridized carbons (Fsp3) is 0.636. The zero-order valence-electron chi connectivity index (χ0n) is 7.84.